The van der Waals surface area contributed by atoms with Crippen LogP contribution in [0, 0.1) is 5.82 Å². The third-order valence-corrected chi connectivity index (χ3v) is 2.96. The lowest BCUT2D eigenvalue weighted by atomic mass is 10.2. The fourth-order valence-corrected chi connectivity index (χ4v) is 1.67. The normalized spacial score (nSPS) is 11.0. The van der Waals surface area contributed by atoms with Gasteiger partial charge in [0.2, 0.25) is 6.41 Å². The van der Waals surface area contributed by atoms with Crippen molar-refractivity contribution in [1.29, 1.82) is 0 Å². The zero-order valence-corrected chi connectivity index (χ0v) is 12.7. The summed E-state index contributed by atoms with van der Waals surface area (Å²) in [6, 6.07) is 4.99. The summed E-state index contributed by atoms with van der Waals surface area (Å²) in [6.45, 7) is 0.286. The van der Waals surface area contributed by atoms with E-state index >= 15 is 0 Å². The molecule has 0 unspecified atom stereocenters. The van der Waals surface area contributed by atoms with E-state index in [1.165, 1.54) is 26.3 Å². The van der Waals surface area contributed by atoms with Crippen LogP contribution in [0.4, 0.5) is 10.1 Å². The molecule has 124 valence electrons. The summed E-state index contributed by atoms with van der Waals surface area (Å²) in [7, 11) is 2.78. The van der Waals surface area contributed by atoms with E-state index in [2.05, 4.69) is 0 Å². The highest BCUT2D eigenvalue weighted by molar-refractivity contribution is 6.21. The van der Waals surface area contributed by atoms with Gasteiger partial charge >= 0.3 is 5.97 Å². The summed E-state index contributed by atoms with van der Waals surface area (Å²) in [5.74, 6) is -2.79. The Morgan fingerprint density at radius 2 is 1.91 bits per heavy atom. The number of ether oxygens (including phenoxy) is 1. The van der Waals surface area contributed by atoms with E-state index in [1.54, 1.807) is 0 Å². The summed E-state index contributed by atoms with van der Waals surface area (Å²) in [4.78, 5) is 36.6. The lowest BCUT2D eigenvalue weighted by molar-refractivity contribution is -0.134. The maximum Gasteiger partial charge on any atom is 0.342 e. The van der Waals surface area contributed by atoms with Crippen LogP contribution in [0.2, 0.25) is 0 Å². The van der Waals surface area contributed by atoms with Crippen molar-refractivity contribution in [2.75, 3.05) is 32.2 Å². The Bertz CT molecular complexity index is 600. The van der Waals surface area contributed by atoms with E-state index in [9.17, 15) is 23.9 Å². The number of benzene rings is 1. The quantitative estimate of drug-likeness (QED) is 0.332. The molecule has 0 aliphatic rings. The van der Waals surface area contributed by atoms with Crippen LogP contribution in [0.5, 0.6) is 0 Å². The smallest absolute Gasteiger partial charge is 0.342 e. The van der Waals surface area contributed by atoms with Crippen molar-refractivity contribution in [3.8, 4) is 0 Å². The van der Waals surface area contributed by atoms with E-state index < -0.39 is 23.3 Å². The van der Waals surface area contributed by atoms with Crippen molar-refractivity contribution in [3.63, 3.8) is 0 Å². The zero-order valence-electron chi connectivity index (χ0n) is 12.7. The van der Waals surface area contributed by atoms with Crippen molar-refractivity contribution < 1.29 is 28.6 Å². The standard InChI is InChI=1S/C15H17FN2O5/c1-17(12-5-3-11(16)4-6-12)14(20)13(15(21)22)9-18(10-19)7-8-23-2/h3-6,9-10H,7-8H2,1-2H3,(H,21,22)/b13-9+. The number of anilines is 1. The monoisotopic (exact) mass is 324 g/mol. The number of aliphatic carboxylic acids is 1. The number of carboxylic acids is 1. The molecule has 0 fully saturated rings. The third kappa shape index (κ3) is 5.19. The first-order valence-electron chi connectivity index (χ1n) is 6.59. The summed E-state index contributed by atoms with van der Waals surface area (Å²) >= 11 is 0. The van der Waals surface area contributed by atoms with Gasteiger partial charge in [0.25, 0.3) is 5.91 Å². The molecule has 0 atom stereocenters. The minimum atomic E-state index is -1.48. The molecule has 0 saturated carbocycles. The van der Waals surface area contributed by atoms with Gasteiger partial charge in [0, 0.05) is 32.6 Å². The van der Waals surface area contributed by atoms with Gasteiger partial charge in [0.15, 0.2) is 0 Å². The van der Waals surface area contributed by atoms with Crippen molar-refractivity contribution in [1.82, 2.24) is 4.90 Å². The molecule has 0 aliphatic heterocycles. The van der Waals surface area contributed by atoms with Crippen LogP contribution in [0.25, 0.3) is 0 Å². The molecule has 2 amide bonds. The van der Waals surface area contributed by atoms with Crippen LogP contribution in [-0.2, 0) is 19.1 Å². The van der Waals surface area contributed by atoms with Gasteiger partial charge in [-0.15, -0.1) is 0 Å². The average Bonchev–Trinajstić information content (AvgIpc) is 2.54. The molecule has 0 heterocycles. The van der Waals surface area contributed by atoms with Gasteiger partial charge < -0.3 is 19.6 Å². The Morgan fingerprint density at radius 3 is 2.39 bits per heavy atom. The number of carboxylic acid groups (broad SMARTS) is 1. The molecular weight excluding hydrogens is 307 g/mol. The number of carbonyl (C=O) groups is 3. The first-order valence-corrected chi connectivity index (χ1v) is 6.59. The maximum atomic E-state index is 12.9. The van der Waals surface area contributed by atoms with Crippen LogP contribution < -0.4 is 4.90 Å². The maximum absolute atomic E-state index is 12.9. The molecule has 23 heavy (non-hydrogen) atoms. The van der Waals surface area contributed by atoms with Gasteiger partial charge in [0.05, 0.1) is 6.61 Å². The van der Waals surface area contributed by atoms with E-state index in [1.807, 2.05) is 0 Å². The highest BCUT2D eigenvalue weighted by Crippen LogP contribution is 2.16. The molecule has 8 heteroatoms. The highest BCUT2D eigenvalue weighted by atomic mass is 19.1. The number of hydrogen-bond acceptors (Lipinski definition) is 4. The molecule has 0 bridgehead atoms. The zero-order chi connectivity index (χ0) is 17.4. The molecular formula is C15H17FN2O5. The molecule has 0 aromatic heterocycles. The first-order chi connectivity index (χ1) is 10.9. The molecule has 1 N–H and O–H groups in total. The SMILES string of the molecule is COCCN(C=O)/C=C(/C(=O)O)C(=O)N(C)c1ccc(F)cc1. The van der Waals surface area contributed by atoms with Gasteiger partial charge in [-0.3, -0.25) is 9.59 Å². The molecule has 0 saturated heterocycles. The Hall–Kier alpha value is -2.74. The second kappa shape index (κ2) is 8.64. The Kier molecular flexibility index (Phi) is 6.88. The number of rotatable bonds is 8. The lowest BCUT2D eigenvalue weighted by Crippen LogP contribution is -2.33. The number of hydrogen-bond donors (Lipinski definition) is 1. The molecule has 0 radical (unpaired) electrons. The molecule has 1 aromatic rings. The predicted octanol–water partition coefficient (Wildman–Crippen LogP) is 0.862. The van der Waals surface area contributed by atoms with Crippen LogP contribution in [0.3, 0.4) is 0 Å². The molecule has 0 aliphatic carbocycles. The minimum Gasteiger partial charge on any atom is -0.477 e. The van der Waals surface area contributed by atoms with Gasteiger partial charge in [-0.05, 0) is 24.3 Å². The van der Waals surface area contributed by atoms with Crippen molar-refractivity contribution in [2.24, 2.45) is 0 Å². The highest BCUT2D eigenvalue weighted by Gasteiger charge is 2.23. The van der Waals surface area contributed by atoms with Gasteiger partial charge in [-0.25, -0.2) is 9.18 Å². The summed E-state index contributed by atoms with van der Waals surface area (Å²) in [6.07, 6.45) is 1.34. The van der Waals surface area contributed by atoms with Crippen molar-refractivity contribution >= 4 is 24.0 Å². The van der Waals surface area contributed by atoms with E-state index in [-0.39, 0.29) is 13.2 Å². The number of methoxy groups -OCH3 is 1. The molecule has 1 rings (SSSR count). The second-order valence-corrected chi connectivity index (χ2v) is 4.52. The number of likely N-dealkylation sites (N-methyl/N-ethyl adjacent to an activating group) is 1. The third-order valence-electron chi connectivity index (χ3n) is 2.96. The Balaban J connectivity index is 3.03. The van der Waals surface area contributed by atoms with Crippen LogP contribution in [0.15, 0.2) is 36.0 Å². The molecule has 7 nitrogen and oxygen atoms in total. The Morgan fingerprint density at radius 1 is 1.30 bits per heavy atom. The van der Waals surface area contributed by atoms with Crippen LogP contribution in [0.1, 0.15) is 0 Å². The van der Waals surface area contributed by atoms with Crippen LogP contribution >= 0.6 is 0 Å². The fourth-order valence-electron chi connectivity index (χ4n) is 1.67. The van der Waals surface area contributed by atoms with E-state index in [0.717, 1.165) is 28.1 Å². The van der Waals surface area contributed by atoms with Gasteiger partial charge in [0.1, 0.15) is 11.4 Å². The number of amides is 2. The summed E-state index contributed by atoms with van der Waals surface area (Å²) < 4.78 is 17.7. The Labute approximate surface area is 132 Å². The van der Waals surface area contributed by atoms with Crippen LogP contribution in [-0.4, -0.2) is 55.6 Å². The van der Waals surface area contributed by atoms with Gasteiger partial charge in [-0.1, -0.05) is 0 Å². The van der Waals surface area contributed by atoms with E-state index in [4.69, 9.17) is 4.74 Å². The molecule has 0 spiro atoms. The average molecular weight is 324 g/mol. The largest absolute Gasteiger partial charge is 0.477 e. The number of carbonyl (C=O) groups excluding carboxylic acids is 2. The van der Waals surface area contributed by atoms with E-state index in [0.29, 0.717) is 12.1 Å². The van der Waals surface area contributed by atoms with Crippen molar-refractivity contribution in [3.05, 3.63) is 41.9 Å². The topological polar surface area (TPSA) is 87.1 Å². The number of halogens is 1. The summed E-state index contributed by atoms with van der Waals surface area (Å²) in [5.41, 5.74) is -0.280. The van der Waals surface area contributed by atoms with Crippen molar-refractivity contribution in [2.45, 2.75) is 0 Å². The predicted molar refractivity (Wildman–Crippen MR) is 80.2 cm³/mol. The second-order valence-electron chi connectivity index (χ2n) is 4.52. The minimum absolute atomic E-state index is 0.102. The molecule has 1 aromatic carbocycles. The summed E-state index contributed by atoms with van der Waals surface area (Å²) in [5, 5.41) is 9.20. The van der Waals surface area contributed by atoms with Gasteiger partial charge in [-0.2, -0.15) is 0 Å². The lowest BCUT2D eigenvalue weighted by Gasteiger charge is -2.19. The fraction of sp³-hybridized carbons (Fsp3) is 0.267. The number of nitrogens with zero attached hydrogens (tertiary/aromatic N) is 2. The first kappa shape index (κ1) is 18.3.